The Morgan fingerprint density at radius 3 is 2.63 bits per heavy atom. The average Bonchev–Trinajstić information content (AvgIpc) is 2.88. The monoisotopic (exact) mass is 260 g/mol. The second-order valence-corrected chi connectivity index (χ2v) is 6.06. The van der Waals surface area contributed by atoms with Crippen LogP contribution in [0.15, 0.2) is 30.3 Å². The van der Waals surface area contributed by atoms with E-state index in [4.69, 9.17) is 0 Å². The number of likely N-dealkylation sites (tertiary alicyclic amines) is 1. The van der Waals surface area contributed by atoms with Crippen molar-refractivity contribution in [3.63, 3.8) is 0 Å². The Bertz CT molecular complexity index is 361. The SMILES string of the molecule is CCNC(CN1CCC(c2ccccc2)C1)C(C)C. The lowest BCUT2D eigenvalue weighted by Crippen LogP contribution is -2.43. The molecule has 1 N–H and O–H groups in total. The molecule has 1 saturated heterocycles. The molecule has 1 aliphatic heterocycles. The van der Waals surface area contributed by atoms with E-state index in [-0.39, 0.29) is 0 Å². The van der Waals surface area contributed by atoms with Crippen molar-refractivity contribution in [2.45, 2.75) is 39.2 Å². The van der Waals surface area contributed by atoms with Crippen LogP contribution in [0.3, 0.4) is 0 Å². The normalized spacial score (nSPS) is 22.0. The van der Waals surface area contributed by atoms with E-state index in [1.807, 2.05) is 0 Å². The predicted octanol–water partition coefficient (Wildman–Crippen LogP) is 3.11. The van der Waals surface area contributed by atoms with E-state index >= 15 is 0 Å². The van der Waals surface area contributed by atoms with Crippen LogP contribution in [0.5, 0.6) is 0 Å². The van der Waals surface area contributed by atoms with Crippen molar-refractivity contribution in [2.75, 3.05) is 26.2 Å². The van der Waals surface area contributed by atoms with E-state index in [1.165, 1.54) is 31.6 Å². The van der Waals surface area contributed by atoms with Gasteiger partial charge in [-0.05, 0) is 36.9 Å². The molecule has 0 aliphatic carbocycles. The molecule has 1 fully saturated rings. The van der Waals surface area contributed by atoms with E-state index in [1.54, 1.807) is 0 Å². The van der Waals surface area contributed by atoms with Gasteiger partial charge in [-0.25, -0.2) is 0 Å². The highest BCUT2D eigenvalue weighted by Gasteiger charge is 2.26. The zero-order valence-electron chi connectivity index (χ0n) is 12.6. The Labute approximate surface area is 118 Å². The summed E-state index contributed by atoms with van der Waals surface area (Å²) in [7, 11) is 0. The van der Waals surface area contributed by atoms with E-state index in [2.05, 4.69) is 61.3 Å². The summed E-state index contributed by atoms with van der Waals surface area (Å²) in [5.41, 5.74) is 1.51. The standard InChI is InChI=1S/C17H28N2/c1-4-18-17(14(2)3)13-19-11-10-16(12-19)15-8-6-5-7-9-15/h5-9,14,16-18H,4,10-13H2,1-3H3. The lowest BCUT2D eigenvalue weighted by atomic mass is 9.99. The Hall–Kier alpha value is -0.860. The fourth-order valence-electron chi connectivity index (χ4n) is 3.05. The fraction of sp³-hybridized carbons (Fsp3) is 0.647. The van der Waals surface area contributed by atoms with Gasteiger partial charge in [-0.15, -0.1) is 0 Å². The van der Waals surface area contributed by atoms with Crippen LogP contribution in [-0.4, -0.2) is 37.1 Å². The Morgan fingerprint density at radius 1 is 1.26 bits per heavy atom. The number of nitrogens with zero attached hydrogens (tertiary/aromatic N) is 1. The molecule has 0 saturated carbocycles. The molecule has 1 aliphatic rings. The van der Waals surface area contributed by atoms with Crippen LogP contribution in [0.4, 0.5) is 0 Å². The van der Waals surface area contributed by atoms with Crippen LogP contribution >= 0.6 is 0 Å². The molecular formula is C17H28N2. The number of benzene rings is 1. The maximum absolute atomic E-state index is 3.62. The molecule has 0 radical (unpaired) electrons. The maximum atomic E-state index is 3.62. The number of rotatable bonds is 6. The van der Waals surface area contributed by atoms with Crippen molar-refractivity contribution >= 4 is 0 Å². The van der Waals surface area contributed by atoms with Gasteiger partial charge in [-0.3, -0.25) is 0 Å². The zero-order valence-corrected chi connectivity index (χ0v) is 12.6. The van der Waals surface area contributed by atoms with Gasteiger partial charge in [0.05, 0.1) is 0 Å². The van der Waals surface area contributed by atoms with Crippen molar-refractivity contribution < 1.29 is 0 Å². The van der Waals surface area contributed by atoms with E-state index < -0.39 is 0 Å². The first-order chi connectivity index (χ1) is 9.20. The molecule has 2 nitrogen and oxygen atoms in total. The van der Waals surface area contributed by atoms with E-state index in [9.17, 15) is 0 Å². The molecule has 1 heterocycles. The van der Waals surface area contributed by atoms with Gasteiger partial charge in [0.15, 0.2) is 0 Å². The molecule has 1 aromatic carbocycles. The number of likely N-dealkylation sites (N-methyl/N-ethyl adjacent to an activating group) is 1. The summed E-state index contributed by atoms with van der Waals surface area (Å²) >= 11 is 0. The minimum Gasteiger partial charge on any atom is -0.313 e. The van der Waals surface area contributed by atoms with Crippen LogP contribution in [0.1, 0.15) is 38.7 Å². The highest BCUT2D eigenvalue weighted by Crippen LogP contribution is 2.27. The molecule has 106 valence electrons. The topological polar surface area (TPSA) is 15.3 Å². The summed E-state index contributed by atoms with van der Waals surface area (Å²) in [5, 5.41) is 3.62. The maximum Gasteiger partial charge on any atom is 0.0217 e. The van der Waals surface area contributed by atoms with Crippen LogP contribution in [0.25, 0.3) is 0 Å². The molecule has 2 atom stereocenters. The van der Waals surface area contributed by atoms with E-state index in [0.29, 0.717) is 12.0 Å². The molecule has 1 aromatic rings. The Morgan fingerprint density at radius 2 is 2.00 bits per heavy atom. The highest BCUT2D eigenvalue weighted by atomic mass is 15.2. The molecule has 2 heteroatoms. The molecule has 0 spiro atoms. The van der Waals surface area contributed by atoms with Crippen molar-refractivity contribution in [1.82, 2.24) is 10.2 Å². The Kier molecular flexibility index (Phi) is 5.41. The summed E-state index contributed by atoms with van der Waals surface area (Å²) in [6.07, 6.45) is 1.31. The average molecular weight is 260 g/mol. The van der Waals surface area contributed by atoms with Gasteiger partial charge in [0, 0.05) is 19.1 Å². The van der Waals surface area contributed by atoms with Gasteiger partial charge >= 0.3 is 0 Å². The van der Waals surface area contributed by atoms with Gasteiger partial charge in [0.1, 0.15) is 0 Å². The van der Waals surface area contributed by atoms with Gasteiger partial charge in [0.25, 0.3) is 0 Å². The van der Waals surface area contributed by atoms with Gasteiger partial charge in [-0.2, -0.15) is 0 Å². The third-order valence-electron chi connectivity index (χ3n) is 4.27. The lowest BCUT2D eigenvalue weighted by molar-refractivity contribution is 0.255. The van der Waals surface area contributed by atoms with E-state index in [0.717, 1.165) is 12.5 Å². The first kappa shape index (κ1) is 14.5. The van der Waals surface area contributed by atoms with Crippen LogP contribution in [0, 0.1) is 5.92 Å². The van der Waals surface area contributed by atoms with Crippen molar-refractivity contribution in [3.8, 4) is 0 Å². The van der Waals surface area contributed by atoms with Crippen molar-refractivity contribution in [2.24, 2.45) is 5.92 Å². The van der Waals surface area contributed by atoms with Crippen LogP contribution in [0.2, 0.25) is 0 Å². The summed E-state index contributed by atoms with van der Waals surface area (Å²) < 4.78 is 0. The smallest absolute Gasteiger partial charge is 0.0217 e. The quantitative estimate of drug-likeness (QED) is 0.845. The van der Waals surface area contributed by atoms with Crippen LogP contribution < -0.4 is 5.32 Å². The Balaban J connectivity index is 1.88. The third kappa shape index (κ3) is 4.05. The molecule has 2 rings (SSSR count). The lowest BCUT2D eigenvalue weighted by Gasteiger charge is -2.27. The number of hydrogen-bond acceptors (Lipinski definition) is 2. The number of hydrogen-bond donors (Lipinski definition) is 1. The van der Waals surface area contributed by atoms with Crippen LogP contribution in [-0.2, 0) is 0 Å². The second kappa shape index (κ2) is 7.06. The third-order valence-corrected chi connectivity index (χ3v) is 4.27. The largest absolute Gasteiger partial charge is 0.313 e. The minimum absolute atomic E-state index is 0.625. The summed E-state index contributed by atoms with van der Waals surface area (Å²) in [5.74, 6) is 1.44. The second-order valence-electron chi connectivity index (χ2n) is 6.06. The molecular weight excluding hydrogens is 232 g/mol. The molecule has 19 heavy (non-hydrogen) atoms. The predicted molar refractivity (Wildman–Crippen MR) is 82.5 cm³/mol. The summed E-state index contributed by atoms with van der Waals surface area (Å²) in [6.45, 7) is 11.6. The first-order valence-corrected chi connectivity index (χ1v) is 7.71. The van der Waals surface area contributed by atoms with Gasteiger partial charge in [-0.1, -0.05) is 51.1 Å². The molecule has 0 aromatic heterocycles. The minimum atomic E-state index is 0.625. The fourth-order valence-corrected chi connectivity index (χ4v) is 3.05. The number of nitrogens with one attached hydrogen (secondary N) is 1. The van der Waals surface area contributed by atoms with Gasteiger partial charge < -0.3 is 10.2 Å². The molecule has 0 amide bonds. The summed E-state index contributed by atoms with van der Waals surface area (Å²) in [4.78, 5) is 2.63. The first-order valence-electron chi connectivity index (χ1n) is 7.71. The zero-order chi connectivity index (χ0) is 13.7. The molecule has 2 unspecified atom stereocenters. The van der Waals surface area contributed by atoms with Gasteiger partial charge in [0.2, 0.25) is 0 Å². The van der Waals surface area contributed by atoms with Crippen molar-refractivity contribution in [3.05, 3.63) is 35.9 Å². The van der Waals surface area contributed by atoms with Crippen molar-refractivity contribution in [1.29, 1.82) is 0 Å². The summed E-state index contributed by atoms with van der Waals surface area (Å²) in [6, 6.07) is 11.6. The molecule has 0 bridgehead atoms. The highest BCUT2D eigenvalue weighted by molar-refractivity contribution is 5.21.